The van der Waals surface area contributed by atoms with Crippen molar-refractivity contribution in [2.24, 2.45) is 5.73 Å². The molecular formula is C13H15NO4. The second kappa shape index (κ2) is 4.03. The summed E-state index contributed by atoms with van der Waals surface area (Å²) >= 11 is 0. The highest BCUT2D eigenvalue weighted by atomic mass is 16.5. The number of ether oxygens (including phenoxy) is 2. The first-order valence-corrected chi connectivity index (χ1v) is 5.51. The monoisotopic (exact) mass is 249 g/mol. The van der Waals surface area contributed by atoms with Crippen LogP contribution in [-0.2, 0) is 10.3 Å². The summed E-state index contributed by atoms with van der Waals surface area (Å²) in [5, 5.41) is 10.1. The zero-order valence-corrected chi connectivity index (χ0v) is 10.5. The summed E-state index contributed by atoms with van der Waals surface area (Å²) in [6.07, 6.45) is 3.41. The summed E-state index contributed by atoms with van der Waals surface area (Å²) in [5.74, 6) is -0.0275. The number of nitrogens with two attached hydrogens (primary N) is 1. The Morgan fingerprint density at radius 1 is 1.56 bits per heavy atom. The maximum atomic E-state index is 11.7. The zero-order chi connectivity index (χ0) is 13.5. The SMILES string of the molecule is C/C=C/c1c(O)c(OC)cc2c1C(C)(N)C(=O)O2. The second-order valence-corrected chi connectivity index (χ2v) is 4.31. The minimum absolute atomic E-state index is 0.0516. The number of methoxy groups -OCH3 is 1. The quantitative estimate of drug-likeness (QED) is 0.613. The molecule has 1 atom stereocenters. The lowest BCUT2D eigenvalue weighted by Gasteiger charge is -2.17. The average Bonchev–Trinajstić information content (AvgIpc) is 2.54. The average molecular weight is 249 g/mol. The maximum Gasteiger partial charge on any atom is 0.336 e. The van der Waals surface area contributed by atoms with Crippen molar-refractivity contribution in [3.8, 4) is 17.2 Å². The van der Waals surface area contributed by atoms with Gasteiger partial charge in [0.2, 0.25) is 0 Å². The molecule has 5 heteroatoms. The molecule has 1 aromatic carbocycles. The third kappa shape index (κ3) is 1.55. The van der Waals surface area contributed by atoms with Gasteiger partial charge in [-0.2, -0.15) is 0 Å². The van der Waals surface area contributed by atoms with Crippen LogP contribution in [0.3, 0.4) is 0 Å². The van der Waals surface area contributed by atoms with E-state index in [2.05, 4.69) is 0 Å². The number of carbonyl (C=O) groups excluding carboxylic acids is 1. The Labute approximate surface area is 105 Å². The van der Waals surface area contributed by atoms with Gasteiger partial charge in [-0.15, -0.1) is 0 Å². The van der Waals surface area contributed by atoms with Gasteiger partial charge >= 0.3 is 5.97 Å². The molecular weight excluding hydrogens is 234 g/mol. The highest BCUT2D eigenvalue weighted by Crippen LogP contribution is 2.47. The fraction of sp³-hybridized carbons (Fsp3) is 0.308. The number of hydrogen-bond donors (Lipinski definition) is 2. The van der Waals surface area contributed by atoms with E-state index in [0.29, 0.717) is 16.9 Å². The number of carbonyl (C=O) groups is 1. The number of phenols is 1. The van der Waals surface area contributed by atoms with E-state index in [1.54, 1.807) is 26.0 Å². The molecule has 0 aliphatic carbocycles. The number of allylic oxidation sites excluding steroid dienone is 1. The zero-order valence-electron chi connectivity index (χ0n) is 10.5. The fourth-order valence-electron chi connectivity index (χ4n) is 2.05. The molecule has 2 rings (SSSR count). The first kappa shape index (κ1) is 12.4. The molecule has 0 saturated heterocycles. The molecule has 0 saturated carbocycles. The van der Waals surface area contributed by atoms with Gasteiger partial charge < -0.3 is 20.3 Å². The van der Waals surface area contributed by atoms with E-state index in [0.717, 1.165) is 0 Å². The Hall–Kier alpha value is -2.01. The number of hydrogen-bond acceptors (Lipinski definition) is 5. The fourth-order valence-corrected chi connectivity index (χ4v) is 2.05. The first-order valence-electron chi connectivity index (χ1n) is 5.51. The molecule has 0 amide bonds. The Bertz CT molecular complexity index is 546. The third-order valence-corrected chi connectivity index (χ3v) is 2.97. The van der Waals surface area contributed by atoms with Crippen molar-refractivity contribution >= 4 is 12.0 Å². The molecule has 1 aliphatic heterocycles. The van der Waals surface area contributed by atoms with Crippen LogP contribution in [0.2, 0.25) is 0 Å². The lowest BCUT2D eigenvalue weighted by atomic mass is 9.89. The summed E-state index contributed by atoms with van der Waals surface area (Å²) < 4.78 is 10.2. The highest BCUT2D eigenvalue weighted by molar-refractivity contribution is 5.93. The molecule has 18 heavy (non-hydrogen) atoms. The van der Waals surface area contributed by atoms with Crippen molar-refractivity contribution in [1.82, 2.24) is 0 Å². The molecule has 1 unspecified atom stereocenters. The minimum Gasteiger partial charge on any atom is -0.504 e. The normalized spacial score (nSPS) is 22.1. The van der Waals surface area contributed by atoms with Crippen molar-refractivity contribution in [3.05, 3.63) is 23.3 Å². The van der Waals surface area contributed by atoms with E-state index >= 15 is 0 Å². The molecule has 3 N–H and O–H groups in total. The predicted molar refractivity (Wildman–Crippen MR) is 66.5 cm³/mol. The number of fused-ring (bicyclic) bond motifs is 1. The van der Waals surface area contributed by atoms with Gasteiger partial charge in [-0.05, 0) is 13.8 Å². The number of aromatic hydroxyl groups is 1. The van der Waals surface area contributed by atoms with E-state index in [4.69, 9.17) is 15.2 Å². The number of esters is 1. The summed E-state index contributed by atoms with van der Waals surface area (Å²) in [5.41, 5.74) is 5.62. The Balaban J connectivity index is 2.80. The van der Waals surface area contributed by atoms with E-state index in [1.807, 2.05) is 0 Å². The first-order chi connectivity index (χ1) is 8.43. The van der Waals surface area contributed by atoms with Gasteiger partial charge in [0.1, 0.15) is 11.3 Å². The standard InChI is InChI=1S/C13H15NO4/c1-4-5-7-10-8(6-9(17-3)11(7)15)18-12(16)13(10,2)14/h4-6,15H,14H2,1-3H3/b5-4+. The molecule has 1 aromatic rings. The summed E-state index contributed by atoms with van der Waals surface area (Å²) in [6.45, 7) is 3.36. The molecule has 0 spiro atoms. The van der Waals surface area contributed by atoms with E-state index < -0.39 is 11.5 Å². The van der Waals surface area contributed by atoms with Gasteiger partial charge in [-0.25, -0.2) is 4.79 Å². The van der Waals surface area contributed by atoms with E-state index in [-0.39, 0.29) is 11.5 Å². The number of benzene rings is 1. The molecule has 0 fully saturated rings. The topological polar surface area (TPSA) is 81.8 Å². The molecule has 1 heterocycles. The van der Waals surface area contributed by atoms with Crippen LogP contribution in [0.1, 0.15) is 25.0 Å². The highest BCUT2D eigenvalue weighted by Gasteiger charge is 2.44. The predicted octanol–water partition coefficient (Wildman–Crippen LogP) is 1.53. The lowest BCUT2D eigenvalue weighted by Crippen LogP contribution is -2.40. The molecule has 0 bridgehead atoms. The van der Waals surface area contributed by atoms with Crippen LogP contribution in [0.5, 0.6) is 17.2 Å². The summed E-state index contributed by atoms with van der Waals surface area (Å²) in [4.78, 5) is 11.7. The summed E-state index contributed by atoms with van der Waals surface area (Å²) in [7, 11) is 1.43. The van der Waals surface area contributed by atoms with Crippen molar-refractivity contribution in [1.29, 1.82) is 0 Å². The third-order valence-electron chi connectivity index (χ3n) is 2.97. The molecule has 96 valence electrons. The Morgan fingerprint density at radius 3 is 2.78 bits per heavy atom. The maximum absolute atomic E-state index is 11.7. The van der Waals surface area contributed by atoms with Gasteiger partial charge in [0, 0.05) is 17.2 Å². The van der Waals surface area contributed by atoms with Gasteiger partial charge in [0.15, 0.2) is 11.5 Å². The van der Waals surface area contributed by atoms with Crippen molar-refractivity contribution in [3.63, 3.8) is 0 Å². The van der Waals surface area contributed by atoms with Gasteiger partial charge in [-0.1, -0.05) is 12.2 Å². The molecule has 0 aromatic heterocycles. The van der Waals surface area contributed by atoms with Crippen LogP contribution in [-0.4, -0.2) is 18.2 Å². The van der Waals surface area contributed by atoms with Crippen LogP contribution in [0, 0.1) is 0 Å². The second-order valence-electron chi connectivity index (χ2n) is 4.31. The van der Waals surface area contributed by atoms with Crippen molar-refractivity contribution < 1.29 is 19.4 Å². The van der Waals surface area contributed by atoms with Crippen LogP contribution in [0.15, 0.2) is 12.1 Å². The largest absolute Gasteiger partial charge is 0.504 e. The van der Waals surface area contributed by atoms with E-state index in [1.165, 1.54) is 13.2 Å². The molecule has 0 radical (unpaired) electrons. The van der Waals surface area contributed by atoms with Crippen LogP contribution in [0.4, 0.5) is 0 Å². The van der Waals surface area contributed by atoms with E-state index in [9.17, 15) is 9.90 Å². The summed E-state index contributed by atoms with van der Waals surface area (Å²) in [6, 6.07) is 1.47. The molecule has 1 aliphatic rings. The Kier molecular flexibility index (Phi) is 2.78. The number of phenolic OH excluding ortho intramolecular Hbond substituents is 1. The minimum atomic E-state index is -1.27. The Morgan fingerprint density at radius 2 is 2.22 bits per heavy atom. The van der Waals surface area contributed by atoms with Crippen LogP contribution in [0.25, 0.3) is 6.08 Å². The molecule has 5 nitrogen and oxygen atoms in total. The van der Waals surface area contributed by atoms with Crippen molar-refractivity contribution in [2.45, 2.75) is 19.4 Å². The van der Waals surface area contributed by atoms with Gasteiger partial charge in [0.05, 0.1) is 7.11 Å². The van der Waals surface area contributed by atoms with Gasteiger partial charge in [0.25, 0.3) is 0 Å². The van der Waals surface area contributed by atoms with Crippen LogP contribution >= 0.6 is 0 Å². The lowest BCUT2D eigenvalue weighted by molar-refractivity contribution is -0.137. The number of rotatable bonds is 2. The van der Waals surface area contributed by atoms with Crippen molar-refractivity contribution in [2.75, 3.05) is 7.11 Å². The smallest absolute Gasteiger partial charge is 0.336 e. The van der Waals surface area contributed by atoms with Crippen LogP contribution < -0.4 is 15.2 Å². The van der Waals surface area contributed by atoms with Gasteiger partial charge in [-0.3, -0.25) is 0 Å².